The van der Waals surface area contributed by atoms with Gasteiger partial charge < -0.3 is 4.74 Å². The second-order valence-corrected chi connectivity index (χ2v) is 6.06. The Kier molecular flexibility index (Phi) is 5.78. The van der Waals surface area contributed by atoms with Crippen LogP contribution in [0.3, 0.4) is 0 Å². The minimum absolute atomic E-state index is 0.0182. The number of carbonyl (C=O) groups is 2. The average molecular weight is 378 g/mol. The highest BCUT2D eigenvalue weighted by atomic mass is 32.1. The quantitative estimate of drug-likeness (QED) is 0.492. The predicted molar refractivity (Wildman–Crippen MR) is 109 cm³/mol. The van der Waals surface area contributed by atoms with Gasteiger partial charge in [0.15, 0.2) is 5.11 Å². The van der Waals surface area contributed by atoms with E-state index in [9.17, 15) is 9.59 Å². The molecule has 2 amide bonds. The zero-order valence-corrected chi connectivity index (χ0v) is 15.5. The molecule has 0 radical (unpaired) electrons. The summed E-state index contributed by atoms with van der Waals surface area (Å²) >= 11 is 5.19. The Morgan fingerprint density at radius 2 is 1.78 bits per heavy atom. The van der Waals surface area contributed by atoms with E-state index in [0.29, 0.717) is 18.0 Å². The second-order valence-electron chi connectivity index (χ2n) is 5.68. The Balaban J connectivity index is 1.85. The molecule has 5 nitrogen and oxygen atoms in total. The number of nitrogens with zero attached hydrogens (tertiary/aromatic N) is 1. The fourth-order valence-electron chi connectivity index (χ4n) is 2.59. The Hall–Kier alpha value is -3.25. The van der Waals surface area contributed by atoms with E-state index in [-0.39, 0.29) is 10.7 Å². The maximum atomic E-state index is 12.8. The van der Waals surface area contributed by atoms with Crippen LogP contribution in [0.5, 0.6) is 5.75 Å². The predicted octanol–water partition coefficient (Wildman–Crippen LogP) is 3.47. The fraction of sp³-hybridized carbons (Fsp3) is 0.0952. The number of ether oxygens (including phenoxy) is 1. The van der Waals surface area contributed by atoms with Crippen LogP contribution in [-0.4, -0.2) is 23.5 Å². The standard InChI is InChI=1S/C21H18N2O3S/c1-2-26-17-13-11-16(12-14-17)23-20(25)18(19(24)22-21(23)27)10-6-9-15-7-4-3-5-8-15/h3-14H,2H2,1H3,(H,22,24,27). The van der Waals surface area contributed by atoms with Crippen LogP contribution >= 0.6 is 12.2 Å². The molecule has 0 bridgehead atoms. The van der Waals surface area contributed by atoms with E-state index in [2.05, 4.69) is 5.32 Å². The fourth-order valence-corrected chi connectivity index (χ4v) is 2.87. The first kappa shape index (κ1) is 18.5. The monoisotopic (exact) mass is 378 g/mol. The van der Waals surface area contributed by atoms with E-state index in [4.69, 9.17) is 17.0 Å². The number of rotatable bonds is 5. The van der Waals surface area contributed by atoms with Crippen LogP contribution < -0.4 is 15.0 Å². The second kappa shape index (κ2) is 8.42. The van der Waals surface area contributed by atoms with Gasteiger partial charge in [-0.15, -0.1) is 0 Å². The highest BCUT2D eigenvalue weighted by Gasteiger charge is 2.34. The lowest BCUT2D eigenvalue weighted by Crippen LogP contribution is -2.54. The van der Waals surface area contributed by atoms with Crippen LogP contribution in [0.2, 0.25) is 0 Å². The van der Waals surface area contributed by atoms with Gasteiger partial charge in [0.25, 0.3) is 11.8 Å². The Labute approximate surface area is 162 Å². The number of benzene rings is 2. The number of thiocarbonyl (C=S) groups is 1. The Morgan fingerprint density at radius 3 is 2.44 bits per heavy atom. The molecule has 27 heavy (non-hydrogen) atoms. The van der Waals surface area contributed by atoms with Crippen LogP contribution in [0.25, 0.3) is 6.08 Å². The third-order valence-corrected chi connectivity index (χ3v) is 4.14. The molecule has 0 atom stereocenters. The SMILES string of the molecule is CCOc1ccc(N2C(=O)C(=CC=Cc3ccccc3)C(=O)NC2=S)cc1. The highest BCUT2D eigenvalue weighted by molar-refractivity contribution is 7.80. The van der Waals surface area contributed by atoms with Crippen molar-refractivity contribution in [2.45, 2.75) is 6.92 Å². The number of allylic oxidation sites excluding steroid dienone is 2. The molecular weight excluding hydrogens is 360 g/mol. The smallest absolute Gasteiger partial charge is 0.270 e. The average Bonchev–Trinajstić information content (AvgIpc) is 2.66. The lowest BCUT2D eigenvalue weighted by molar-refractivity contribution is -0.122. The maximum absolute atomic E-state index is 12.8. The van der Waals surface area contributed by atoms with Crippen molar-refractivity contribution >= 4 is 40.9 Å². The molecule has 136 valence electrons. The molecule has 0 aliphatic carbocycles. The molecule has 0 unspecified atom stereocenters. The van der Waals surface area contributed by atoms with Gasteiger partial charge in [-0.3, -0.25) is 19.8 Å². The summed E-state index contributed by atoms with van der Waals surface area (Å²) in [6.45, 7) is 2.45. The largest absolute Gasteiger partial charge is 0.494 e. The maximum Gasteiger partial charge on any atom is 0.270 e. The van der Waals surface area contributed by atoms with E-state index in [1.54, 1.807) is 30.3 Å². The number of amides is 2. The summed E-state index contributed by atoms with van der Waals surface area (Å²) < 4.78 is 5.41. The molecule has 6 heteroatoms. The molecule has 1 saturated heterocycles. The first-order valence-electron chi connectivity index (χ1n) is 8.46. The van der Waals surface area contributed by atoms with Crippen molar-refractivity contribution in [3.05, 3.63) is 77.9 Å². The Bertz CT molecular complexity index is 918. The molecule has 0 spiro atoms. The van der Waals surface area contributed by atoms with Crippen molar-refractivity contribution in [2.24, 2.45) is 0 Å². The van der Waals surface area contributed by atoms with Gasteiger partial charge in [-0.1, -0.05) is 42.5 Å². The van der Waals surface area contributed by atoms with Crippen molar-refractivity contribution in [1.82, 2.24) is 5.32 Å². The summed E-state index contributed by atoms with van der Waals surface area (Å²) in [4.78, 5) is 26.3. The lowest BCUT2D eigenvalue weighted by Gasteiger charge is -2.28. The van der Waals surface area contributed by atoms with Crippen molar-refractivity contribution in [3.8, 4) is 5.75 Å². The first-order chi connectivity index (χ1) is 13.1. The van der Waals surface area contributed by atoms with Crippen LogP contribution in [0, 0.1) is 0 Å². The molecule has 1 aliphatic rings. The van der Waals surface area contributed by atoms with E-state index in [1.165, 1.54) is 11.0 Å². The van der Waals surface area contributed by atoms with Crippen LogP contribution in [0.1, 0.15) is 12.5 Å². The van der Waals surface area contributed by atoms with E-state index in [0.717, 1.165) is 5.56 Å². The molecule has 0 saturated carbocycles. The van der Waals surface area contributed by atoms with E-state index < -0.39 is 11.8 Å². The zero-order valence-electron chi connectivity index (χ0n) is 14.7. The van der Waals surface area contributed by atoms with Crippen molar-refractivity contribution in [1.29, 1.82) is 0 Å². The third kappa shape index (κ3) is 4.30. The van der Waals surface area contributed by atoms with Gasteiger partial charge in [-0.05, 0) is 55.0 Å². The molecule has 0 aromatic heterocycles. The first-order valence-corrected chi connectivity index (χ1v) is 8.87. The van der Waals surface area contributed by atoms with Gasteiger partial charge >= 0.3 is 0 Å². The summed E-state index contributed by atoms with van der Waals surface area (Å²) in [7, 11) is 0. The number of hydrogen-bond donors (Lipinski definition) is 1. The van der Waals surface area contributed by atoms with Gasteiger partial charge in [0.05, 0.1) is 12.3 Å². The minimum atomic E-state index is -0.509. The van der Waals surface area contributed by atoms with Gasteiger partial charge in [0, 0.05) is 0 Å². The van der Waals surface area contributed by atoms with Crippen LogP contribution in [0.15, 0.2) is 72.3 Å². The normalized spacial score (nSPS) is 16.1. The number of nitrogens with one attached hydrogen (secondary N) is 1. The number of anilines is 1. The van der Waals surface area contributed by atoms with E-state index in [1.807, 2.05) is 43.3 Å². The molecular formula is C21H18N2O3S. The molecule has 3 rings (SSSR count). The van der Waals surface area contributed by atoms with E-state index >= 15 is 0 Å². The molecule has 1 heterocycles. The zero-order chi connectivity index (χ0) is 19.2. The molecule has 1 N–H and O–H groups in total. The topological polar surface area (TPSA) is 58.6 Å². The van der Waals surface area contributed by atoms with Gasteiger partial charge in [0.2, 0.25) is 0 Å². The lowest BCUT2D eigenvalue weighted by atomic mass is 10.1. The van der Waals surface area contributed by atoms with Gasteiger partial charge in [0.1, 0.15) is 11.3 Å². The molecule has 2 aromatic rings. The summed E-state index contributed by atoms with van der Waals surface area (Å²) in [5.41, 5.74) is 1.55. The third-order valence-electron chi connectivity index (χ3n) is 3.86. The number of hydrogen-bond acceptors (Lipinski definition) is 4. The van der Waals surface area contributed by atoms with Crippen LogP contribution in [-0.2, 0) is 9.59 Å². The molecule has 2 aromatic carbocycles. The van der Waals surface area contributed by atoms with Crippen LogP contribution in [0.4, 0.5) is 5.69 Å². The number of carbonyl (C=O) groups excluding carboxylic acids is 2. The Morgan fingerprint density at radius 1 is 1.07 bits per heavy atom. The van der Waals surface area contributed by atoms with Gasteiger partial charge in [-0.2, -0.15) is 0 Å². The minimum Gasteiger partial charge on any atom is -0.494 e. The van der Waals surface area contributed by atoms with Crippen molar-refractivity contribution in [3.63, 3.8) is 0 Å². The summed E-state index contributed by atoms with van der Waals surface area (Å²) in [5.74, 6) is -0.280. The molecule has 1 aliphatic heterocycles. The van der Waals surface area contributed by atoms with Crippen molar-refractivity contribution in [2.75, 3.05) is 11.5 Å². The summed E-state index contributed by atoms with van der Waals surface area (Å²) in [6, 6.07) is 16.6. The summed E-state index contributed by atoms with van der Waals surface area (Å²) in [5, 5.41) is 2.62. The highest BCUT2D eigenvalue weighted by Crippen LogP contribution is 2.23. The van der Waals surface area contributed by atoms with Crippen molar-refractivity contribution < 1.29 is 14.3 Å². The molecule has 1 fully saturated rings. The summed E-state index contributed by atoms with van der Waals surface area (Å²) in [6.07, 6.45) is 4.99. The van der Waals surface area contributed by atoms with Gasteiger partial charge in [-0.25, -0.2) is 0 Å².